The Morgan fingerprint density at radius 3 is 2.40 bits per heavy atom. The molecular weight excluding hydrogens is 442 g/mol. The number of nitrogens with zero attached hydrogens (tertiary/aromatic N) is 5. The summed E-state index contributed by atoms with van der Waals surface area (Å²) in [5.41, 5.74) is 12.9. The molecule has 2 fully saturated rings. The molecular formula is C26H39N7O2. The number of hydrogen-bond acceptors (Lipinski definition) is 7. The van der Waals surface area contributed by atoms with Crippen molar-refractivity contribution < 1.29 is 4.79 Å². The summed E-state index contributed by atoms with van der Waals surface area (Å²) in [7, 11) is 0. The minimum atomic E-state index is -0.877. The summed E-state index contributed by atoms with van der Waals surface area (Å²) < 4.78 is 1.57. The number of nitrogens with two attached hydrogens (primary N) is 2. The van der Waals surface area contributed by atoms with Crippen molar-refractivity contribution in [2.45, 2.75) is 51.1 Å². The first-order chi connectivity index (χ1) is 16.7. The van der Waals surface area contributed by atoms with Crippen molar-refractivity contribution in [3.8, 4) is 5.69 Å². The number of anilines is 1. The first-order valence-electron chi connectivity index (χ1n) is 12.7. The Labute approximate surface area is 207 Å². The van der Waals surface area contributed by atoms with Crippen LogP contribution in [0.1, 0.15) is 38.7 Å². The van der Waals surface area contributed by atoms with Gasteiger partial charge in [0.2, 0.25) is 5.91 Å². The molecule has 1 aromatic carbocycles. The van der Waals surface area contributed by atoms with Gasteiger partial charge in [0.05, 0.1) is 11.2 Å². The normalized spacial score (nSPS) is 20.1. The van der Waals surface area contributed by atoms with E-state index >= 15 is 0 Å². The molecule has 0 saturated carbocycles. The second-order valence-electron chi connectivity index (χ2n) is 10.4. The highest BCUT2D eigenvalue weighted by molar-refractivity contribution is 5.85. The molecule has 2 aliphatic rings. The average Bonchev–Trinajstić information content (AvgIpc) is 3.06. The molecule has 1 aromatic heterocycles. The number of piperazine rings is 1. The minimum Gasteiger partial charge on any atom is -0.353 e. The summed E-state index contributed by atoms with van der Waals surface area (Å²) in [6.45, 7) is 9.04. The van der Waals surface area contributed by atoms with Crippen LogP contribution in [-0.4, -0.2) is 82.7 Å². The van der Waals surface area contributed by atoms with Gasteiger partial charge >= 0.3 is 5.69 Å². The topological polar surface area (TPSA) is 114 Å². The molecule has 4 N–H and O–H groups in total. The zero-order chi connectivity index (χ0) is 25.0. The predicted octanol–water partition coefficient (Wildman–Crippen LogP) is 0.974. The Morgan fingerprint density at radius 2 is 1.74 bits per heavy atom. The third-order valence-corrected chi connectivity index (χ3v) is 7.03. The zero-order valence-corrected chi connectivity index (χ0v) is 21.0. The third kappa shape index (κ3) is 6.48. The Balaban J connectivity index is 1.34. The Morgan fingerprint density at radius 1 is 1.03 bits per heavy atom. The number of aromatic nitrogens is 2. The van der Waals surface area contributed by atoms with Gasteiger partial charge in [-0.2, -0.15) is 4.98 Å². The second kappa shape index (κ2) is 10.9. The molecule has 35 heavy (non-hydrogen) atoms. The molecule has 2 aromatic rings. The molecule has 9 nitrogen and oxygen atoms in total. The summed E-state index contributed by atoms with van der Waals surface area (Å²) in [5, 5.41) is 0. The lowest BCUT2D eigenvalue weighted by Crippen LogP contribution is -2.57. The van der Waals surface area contributed by atoms with Crippen LogP contribution in [0.25, 0.3) is 5.69 Å². The maximum absolute atomic E-state index is 12.8. The lowest BCUT2D eigenvalue weighted by Gasteiger charge is -2.37. The zero-order valence-electron chi connectivity index (χ0n) is 21.0. The molecule has 9 heteroatoms. The lowest BCUT2D eigenvalue weighted by molar-refractivity contribution is -0.136. The van der Waals surface area contributed by atoms with Crippen molar-refractivity contribution >= 4 is 11.7 Å². The quantitative estimate of drug-likeness (QED) is 0.632. The van der Waals surface area contributed by atoms with E-state index in [-0.39, 0.29) is 11.6 Å². The van der Waals surface area contributed by atoms with E-state index in [9.17, 15) is 9.59 Å². The van der Waals surface area contributed by atoms with Gasteiger partial charge in [0, 0.05) is 45.0 Å². The molecule has 1 amide bonds. The van der Waals surface area contributed by atoms with Gasteiger partial charge < -0.3 is 26.2 Å². The van der Waals surface area contributed by atoms with Gasteiger partial charge in [-0.15, -0.1) is 0 Å². The maximum Gasteiger partial charge on any atom is 0.354 e. The molecule has 4 rings (SSSR count). The standard InChI is InChI=1S/C26H39N7O2/c1-26(2,28)24(34)32-18-16-31(17-19-32)23-11-15-33(25(35)29-23)22-7-5-20(6-8-22)9-13-30-12-3-4-21(27)10-14-30/h5-8,11,15,21H,3-4,9-10,12-14,16-19,27-28H2,1-2H3. The van der Waals surface area contributed by atoms with Crippen molar-refractivity contribution in [2.75, 3.05) is 50.7 Å². The molecule has 2 saturated heterocycles. The molecule has 3 heterocycles. The highest BCUT2D eigenvalue weighted by Gasteiger charge is 2.30. The second-order valence-corrected chi connectivity index (χ2v) is 10.4. The third-order valence-electron chi connectivity index (χ3n) is 7.03. The van der Waals surface area contributed by atoms with Crippen LogP contribution >= 0.6 is 0 Å². The van der Waals surface area contributed by atoms with Crippen molar-refractivity contribution in [3.63, 3.8) is 0 Å². The molecule has 1 unspecified atom stereocenters. The molecule has 0 aliphatic carbocycles. The Hall–Kier alpha value is -2.75. The van der Waals surface area contributed by atoms with Crippen molar-refractivity contribution in [2.24, 2.45) is 11.5 Å². The van der Waals surface area contributed by atoms with E-state index in [4.69, 9.17) is 11.5 Å². The van der Waals surface area contributed by atoms with Gasteiger partial charge in [-0.3, -0.25) is 9.36 Å². The number of benzene rings is 1. The van der Waals surface area contributed by atoms with Crippen molar-refractivity contribution in [1.82, 2.24) is 19.4 Å². The maximum atomic E-state index is 12.8. The number of carbonyl (C=O) groups is 1. The fraction of sp³-hybridized carbons (Fsp3) is 0.577. The van der Waals surface area contributed by atoms with Gasteiger partial charge in [0.25, 0.3) is 0 Å². The summed E-state index contributed by atoms with van der Waals surface area (Å²) in [6.07, 6.45) is 6.13. The van der Waals surface area contributed by atoms with Gasteiger partial charge in [0.15, 0.2) is 0 Å². The Bertz CT molecular complexity index is 1050. The van der Waals surface area contributed by atoms with E-state index in [0.717, 1.165) is 44.6 Å². The average molecular weight is 482 g/mol. The minimum absolute atomic E-state index is 0.0559. The first-order valence-corrected chi connectivity index (χ1v) is 12.7. The summed E-state index contributed by atoms with van der Waals surface area (Å²) in [6, 6.07) is 10.4. The van der Waals surface area contributed by atoms with Crippen LogP contribution in [0.2, 0.25) is 0 Å². The first kappa shape index (κ1) is 25.3. The summed E-state index contributed by atoms with van der Waals surface area (Å²) >= 11 is 0. The number of carbonyl (C=O) groups excluding carboxylic acids is 1. The summed E-state index contributed by atoms with van der Waals surface area (Å²) in [4.78, 5) is 35.8. The van der Waals surface area contributed by atoms with Gasteiger partial charge in [-0.25, -0.2) is 4.79 Å². The fourth-order valence-electron chi connectivity index (χ4n) is 4.83. The number of likely N-dealkylation sites (tertiary alicyclic amines) is 1. The van der Waals surface area contributed by atoms with E-state index in [1.165, 1.54) is 12.0 Å². The van der Waals surface area contributed by atoms with Gasteiger partial charge in [-0.1, -0.05) is 12.1 Å². The molecule has 0 radical (unpaired) electrons. The molecule has 0 spiro atoms. The highest BCUT2D eigenvalue weighted by Crippen LogP contribution is 2.16. The van der Waals surface area contributed by atoms with Crippen LogP contribution in [0.4, 0.5) is 5.82 Å². The van der Waals surface area contributed by atoms with E-state index < -0.39 is 5.54 Å². The van der Waals surface area contributed by atoms with Crippen LogP contribution in [0.5, 0.6) is 0 Å². The van der Waals surface area contributed by atoms with Crippen molar-refractivity contribution in [1.29, 1.82) is 0 Å². The largest absolute Gasteiger partial charge is 0.354 e. The smallest absolute Gasteiger partial charge is 0.353 e. The molecule has 190 valence electrons. The van der Waals surface area contributed by atoms with E-state index in [0.29, 0.717) is 38.0 Å². The van der Waals surface area contributed by atoms with Crippen LogP contribution in [0, 0.1) is 0 Å². The number of hydrogen-bond donors (Lipinski definition) is 2. The molecule has 0 bridgehead atoms. The summed E-state index contributed by atoms with van der Waals surface area (Å²) in [5.74, 6) is 0.582. The molecule has 2 aliphatic heterocycles. The van der Waals surface area contributed by atoms with E-state index in [1.807, 2.05) is 23.1 Å². The van der Waals surface area contributed by atoms with E-state index in [2.05, 4.69) is 22.0 Å². The van der Waals surface area contributed by atoms with Crippen LogP contribution in [-0.2, 0) is 11.2 Å². The van der Waals surface area contributed by atoms with E-state index in [1.54, 1.807) is 29.5 Å². The molecule has 1 atom stereocenters. The van der Waals surface area contributed by atoms with Gasteiger partial charge in [-0.05, 0) is 76.4 Å². The highest BCUT2D eigenvalue weighted by atomic mass is 16.2. The van der Waals surface area contributed by atoms with Crippen LogP contribution in [0.3, 0.4) is 0 Å². The van der Waals surface area contributed by atoms with Gasteiger partial charge in [0.1, 0.15) is 5.82 Å². The van der Waals surface area contributed by atoms with Crippen LogP contribution in [0.15, 0.2) is 41.3 Å². The number of amides is 1. The monoisotopic (exact) mass is 481 g/mol. The fourth-order valence-corrected chi connectivity index (χ4v) is 4.83. The van der Waals surface area contributed by atoms with Crippen LogP contribution < -0.4 is 22.1 Å². The Kier molecular flexibility index (Phi) is 7.88. The van der Waals surface area contributed by atoms with Crippen molar-refractivity contribution in [3.05, 3.63) is 52.6 Å². The SMILES string of the molecule is CC(C)(N)C(=O)N1CCN(c2ccn(-c3ccc(CCN4CCCC(N)CC4)cc3)c(=O)n2)CC1. The predicted molar refractivity (Wildman–Crippen MR) is 139 cm³/mol. The number of rotatable bonds is 6. The lowest BCUT2D eigenvalue weighted by atomic mass is 10.0.